The maximum Gasteiger partial charge on any atom is 0.186 e. The molecule has 16 heavy (non-hydrogen) atoms. The molecular weight excluding hydrogens is 205 g/mol. The van der Waals surface area contributed by atoms with Crippen molar-refractivity contribution in [1.82, 2.24) is 9.97 Å². The Morgan fingerprint density at radius 2 is 2.38 bits per heavy atom. The minimum atomic E-state index is -0.316. The van der Waals surface area contributed by atoms with Crippen LogP contribution in [0.3, 0.4) is 0 Å². The number of rotatable bonds is 3. The molecule has 1 unspecified atom stereocenters. The Morgan fingerprint density at radius 3 is 3.06 bits per heavy atom. The van der Waals surface area contributed by atoms with Crippen molar-refractivity contribution in [3.05, 3.63) is 30.0 Å². The van der Waals surface area contributed by atoms with E-state index in [1.165, 1.54) is 6.33 Å². The van der Waals surface area contributed by atoms with E-state index in [0.29, 0.717) is 17.9 Å². The number of nitrogens with zero attached hydrogens (tertiary/aromatic N) is 2. The van der Waals surface area contributed by atoms with Gasteiger partial charge >= 0.3 is 0 Å². The average molecular weight is 221 g/mol. The summed E-state index contributed by atoms with van der Waals surface area (Å²) in [5.74, 6) is 0.00683. The monoisotopic (exact) mass is 221 g/mol. The Bertz CT molecular complexity index is 390. The number of nitrogens with one attached hydrogen (secondary N) is 1. The smallest absolute Gasteiger partial charge is 0.186 e. The third kappa shape index (κ3) is 2.38. The Labute approximate surface area is 94.8 Å². The zero-order chi connectivity index (χ0) is 11.4. The molecule has 0 aromatic carbocycles. The Hall–Kier alpha value is -1.45. The molecular formula is C12H16FN3. The third-order valence-electron chi connectivity index (χ3n) is 2.77. The van der Waals surface area contributed by atoms with Crippen LogP contribution in [0.1, 0.15) is 31.9 Å². The fourth-order valence-electron chi connectivity index (χ4n) is 1.86. The minimum Gasteiger partial charge on any atom is -0.361 e. The van der Waals surface area contributed by atoms with E-state index >= 15 is 0 Å². The molecule has 1 aliphatic carbocycles. The SMILES string of the molecule is CCc1ncnc(NC2C=CCCC2)c1F. The molecule has 0 aliphatic heterocycles. The van der Waals surface area contributed by atoms with E-state index in [-0.39, 0.29) is 11.9 Å². The highest BCUT2D eigenvalue weighted by atomic mass is 19.1. The van der Waals surface area contributed by atoms with Crippen molar-refractivity contribution in [2.45, 2.75) is 38.6 Å². The molecule has 1 N–H and O–H groups in total. The predicted molar refractivity (Wildman–Crippen MR) is 61.8 cm³/mol. The van der Waals surface area contributed by atoms with Crippen LogP contribution in [0.25, 0.3) is 0 Å². The van der Waals surface area contributed by atoms with E-state index in [9.17, 15) is 4.39 Å². The summed E-state index contributed by atoms with van der Waals surface area (Å²) in [6.45, 7) is 1.88. The molecule has 2 rings (SSSR count). The second-order valence-corrected chi connectivity index (χ2v) is 3.95. The van der Waals surface area contributed by atoms with Gasteiger partial charge in [0.15, 0.2) is 11.6 Å². The van der Waals surface area contributed by atoms with Crippen LogP contribution in [0, 0.1) is 5.82 Å². The number of hydrogen-bond acceptors (Lipinski definition) is 3. The quantitative estimate of drug-likeness (QED) is 0.797. The summed E-state index contributed by atoms with van der Waals surface area (Å²) < 4.78 is 13.8. The lowest BCUT2D eigenvalue weighted by molar-refractivity contribution is 0.589. The molecule has 1 heterocycles. The van der Waals surface area contributed by atoms with Gasteiger partial charge in [-0.05, 0) is 25.7 Å². The first kappa shape index (κ1) is 11.0. The number of halogens is 1. The number of hydrogen-bond donors (Lipinski definition) is 1. The average Bonchev–Trinajstić information content (AvgIpc) is 2.33. The van der Waals surface area contributed by atoms with Gasteiger partial charge in [0.25, 0.3) is 0 Å². The maximum absolute atomic E-state index is 13.8. The highest BCUT2D eigenvalue weighted by Crippen LogP contribution is 2.18. The summed E-state index contributed by atoms with van der Waals surface area (Å²) in [6, 6.07) is 0.197. The van der Waals surface area contributed by atoms with Crippen LogP contribution < -0.4 is 5.32 Å². The second-order valence-electron chi connectivity index (χ2n) is 3.95. The van der Waals surface area contributed by atoms with Gasteiger partial charge in [-0.3, -0.25) is 0 Å². The lowest BCUT2D eigenvalue weighted by Crippen LogP contribution is -2.20. The first-order valence-electron chi connectivity index (χ1n) is 5.74. The molecule has 1 aromatic rings. The summed E-state index contributed by atoms with van der Waals surface area (Å²) in [4.78, 5) is 7.86. The molecule has 0 spiro atoms. The van der Waals surface area contributed by atoms with Crippen molar-refractivity contribution < 1.29 is 4.39 Å². The number of aryl methyl sites for hydroxylation is 1. The standard InChI is InChI=1S/C12H16FN3/c1-2-10-11(13)12(15-8-14-10)16-9-6-4-3-5-7-9/h4,6,8-9H,2-3,5,7H2,1H3,(H,14,15,16). The number of allylic oxidation sites excluding steroid dienone is 1. The van der Waals surface area contributed by atoms with Crippen LogP contribution in [-0.4, -0.2) is 16.0 Å². The van der Waals surface area contributed by atoms with Crippen LogP contribution in [0.15, 0.2) is 18.5 Å². The first-order valence-corrected chi connectivity index (χ1v) is 5.74. The predicted octanol–water partition coefficient (Wildman–Crippen LogP) is 2.70. The number of aromatic nitrogens is 2. The molecule has 0 amide bonds. The molecule has 0 saturated carbocycles. The summed E-state index contributed by atoms with van der Waals surface area (Å²) in [7, 11) is 0. The van der Waals surface area contributed by atoms with Gasteiger partial charge in [0.1, 0.15) is 6.33 Å². The summed E-state index contributed by atoms with van der Waals surface area (Å²) in [5.41, 5.74) is 0.470. The van der Waals surface area contributed by atoms with Gasteiger partial charge in [-0.2, -0.15) is 0 Å². The van der Waals surface area contributed by atoms with E-state index in [1.54, 1.807) is 0 Å². The van der Waals surface area contributed by atoms with E-state index in [4.69, 9.17) is 0 Å². The topological polar surface area (TPSA) is 37.8 Å². The van der Waals surface area contributed by atoms with Crippen LogP contribution >= 0.6 is 0 Å². The Balaban J connectivity index is 2.14. The largest absolute Gasteiger partial charge is 0.361 e. The van der Waals surface area contributed by atoms with Gasteiger partial charge in [-0.25, -0.2) is 14.4 Å². The van der Waals surface area contributed by atoms with Crippen LogP contribution in [0.5, 0.6) is 0 Å². The lowest BCUT2D eigenvalue weighted by Gasteiger charge is -2.19. The fourth-order valence-corrected chi connectivity index (χ4v) is 1.86. The Kier molecular flexibility index (Phi) is 3.49. The molecule has 1 atom stereocenters. The van der Waals surface area contributed by atoms with Crippen molar-refractivity contribution in [3.8, 4) is 0 Å². The van der Waals surface area contributed by atoms with Crippen LogP contribution in [0.4, 0.5) is 10.2 Å². The third-order valence-corrected chi connectivity index (χ3v) is 2.77. The highest BCUT2D eigenvalue weighted by Gasteiger charge is 2.14. The van der Waals surface area contributed by atoms with Gasteiger partial charge < -0.3 is 5.32 Å². The molecule has 1 aromatic heterocycles. The summed E-state index contributed by atoms with van der Waals surface area (Å²) >= 11 is 0. The van der Waals surface area contributed by atoms with Crippen molar-refractivity contribution in [2.24, 2.45) is 0 Å². The molecule has 0 saturated heterocycles. The van der Waals surface area contributed by atoms with Crippen molar-refractivity contribution >= 4 is 5.82 Å². The summed E-state index contributed by atoms with van der Waals surface area (Å²) in [6.07, 6.45) is 9.49. The molecule has 1 aliphatic rings. The van der Waals surface area contributed by atoms with Gasteiger partial charge in [-0.15, -0.1) is 0 Å². The molecule has 3 nitrogen and oxygen atoms in total. The zero-order valence-electron chi connectivity index (χ0n) is 9.41. The zero-order valence-corrected chi connectivity index (χ0v) is 9.41. The van der Waals surface area contributed by atoms with E-state index in [0.717, 1.165) is 19.3 Å². The highest BCUT2D eigenvalue weighted by molar-refractivity contribution is 5.39. The molecule has 0 radical (unpaired) electrons. The van der Waals surface area contributed by atoms with Crippen molar-refractivity contribution in [2.75, 3.05) is 5.32 Å². The van der Waals surface area contributed by atoms with E-state index in [2.05, 4.69) is 27.4 Å². The second kappa shape index (κ2) is 5.05. The van der Waals surface area contributed by atoms with E-state index < -0.39 is 0 Å². The fraction of sp³-hybridized carbons (Fsp3) is 0.500. The molecule has 86 valence electrons. The van der Waals surface area contributed by atoms with Gasteiger partial charge in [-0.1, -0.05) is 19.1 Å². The normalized spacial score (nSPS) is 19.8. The Morgan fingerprint density at radius 1 is 1.50 bits per heavy atom. The first-order chi connectivity index (χ1) is 7.81. The van der Waals surface area contributed by atoms with Crippen molar-refractivity contribution in [3.63, 3.8) is 0 Å². The van der Waals surface area contributed by atoms with Gasteiger partial charge in [0.05, 0.1) is 5.69 Å². The lowest BCUT2D eigenvalue weighted by atomic mass is 10.0. The molecule has 0 fully saturated rings. The maximum atomic E-state index is 13.8. The van der Waals surface area contributed by atoms with Gasteiger partial charge in [0.2, 0.25) is 0 Å². The van der Waals surface area contributed by atoms with E-state index in [1.807, 2.05) is 6.92 Å². The molecule has 0 bridgehead atoms. The van der Waals surface area contributed by atoms with Crippen LogP contribution in [-0.2, 0) is 6.42 Å². The van der Waals surface area contributed by atoms with Crippen molar-refractivity contribution in [1.29, 1.82) is 0 Å². The van der Waals surface area contributed by atoms with Crippen LogP contribution in [0.2, 0.25) is 0 Å². The number of anilines is 1. The summed E-state index contributed by atoms with van der Waals surface area (Å²) in [5, 5.41) is 3.11. The van der Waals surface area contributed by atoms with Gasteiger partial charge in [0, 0.05) is 6.04 Å². The molecule has 4 heteroatoms. The minimum absolute atomic E-state index is 0.197.